The Morgan fingerprint density at radius 2 is 2.31 bits per heavy atom. The second-order valence-corrected chi connectivity index (χ2v) is 4.73. The maximum atomic E-state index is 5.42. The third-order valence-electron chi connectivity index (χ3n) is 2.69. The van der Waals surface area contributed by atoms with Crippen molar-refractivity contribution >= 4 is 15.9 Å². The number of nitrogens with one attached hydrogen (secondary N) is 1. The molecule has 0 aliphatic heterocycles. The zero-order valence-corrected chi connectivity index (χ0v) is 11.9. The average Bonchev–Trinajstić information content (AvgIpc) is 2.60. The SMILES string of the molecule is CCCNC(c1c(Br)cnn1C)C(C)OC. The number of halogens is 1. The summed E-state index contributed by atoms with van der Waals surface area (Å²) in [4.78, 5) is 0. The van der Waals surface area contributed by atoms with Crippen LogP contribution in [0.5, 0.6) is 0 Å². The van der Waals surface area contributed by atoms with E-state index < -0.39 is 0 Å². The summed E-state index contributed by atoms with van der Waals surface area (Å²) >= 11 is 3.53. The van der Waals surface area contributed by atoms with Crippen LogP contribution < -0.4 is 5.32 Å². The molecule has 1 N–H and O–H groups in total. The van der Waals surface area contributed by atoms with E-state index in [1.807, 2.05) is 17.9 Å². The van der Waals surface area contributed by atoms with E-state index in [1.54, 1.807) is 7.11 Å². The van der Waals surface area contributed by atoms with Crippen molar-refractivity contribution in [1.82, 2.24) is 15.1 Å². The number of methoxy groups -OCH3 is 1. The molecule has 0 aliphatic rings. The quantitative estimate of drug-likeness (QED) is 0.873. The molecule has 0 radical (unpaired) electrons. The van der Waals surface area contributed by atoms with Crippen molar-refractivity contribution in [2.75, 3.05) is 13.7 Å². The Morgan fingerprint density at radius 3 is 2.75 bits per heavy atom. The van der Waals surface area contributed by atoms with E-state index in [2.05, 4.69) is 40.2 Å². The maximum Gasteiger partial charge on any atom is 0.0766 e. The third-order valence-corrected chi connectivity index (χ3v) is 3.30. The van der Waals surface area contributed by atoms with Gasteiger partial charge in [0.15, 0.2) is 0 Å². The molecule has 0 aromatic carbocycles. The second-order valence-electron chi connectivity index (χ2n) is 3.87. The summed E-state index contributed by atoms with van der Waals surface area (Å²) in [5.74, 6) is 0. The van der Waals surface area contributed by atoms with Gasteiger partial charge in [0, 0.05) is 14.2 Å². The molecule has 1 aromatic rings. The molecule has 0 saturated heterocycles. The highest BCUT2D eigenvalue weighted by Crippen LogP contribution is 2.26. The molecule has 0 bridgehead atoms. The van der Waals surface area contributed by atoms with Crippen LogP contribution in [0.1, 0.15) is 32.0 Å². The largest absolute Gasteiger partial charge is 0.380 e. The van der Waals surface area contributed by atoms with Crippen LogP contribution in [-0.2, 0) is 11.8 Å². The van der Waals surface area contributed by atoms with Crippen LogP contribution in [-0.4, -0.2) is 29.5 Å². The predicted octanol–water partition coefficient (Wildman–Crippen LogP) is 2.26. The first kappa shape index (κ1) is 13.7. The summed E-state index contributed by atoms with van der Waals surface area (Å²) in [6.07, 6.45) is 3.03. The minimum Gasteiger partial charge on any atom is -0.380 e. The Labute approximate surface area is 105 Å². The van der Waals surface area contributed by atoms with Crippen molar-refractivity contribution in [2.45, 2.75) is 32.4 Å². The van der Waals surface area contributed by atoms with Crippen LogP contribution in [0, 0.1) is 0 Å². The highest BCUT2D eigenvalue weighted by Gasteiger charge is 2.23. The summed E-state index contributed by atoms with van der Waals surface area (Å²) in [7, 11) is 3.68. The molecule has 0 fully saturated rings. The topological polar surface area (TPSA) is 39.1 Å². The first-order valence-corrected chi connectivity index (χ1v) is 6.34. The van der Waals surface area contributed by atoms with Gasteiger partial charge in [-0.25, -0.2) is 0 Å². The first-order valence-electron chi connectivity index (χ1n) is 5.55. The average molecular weight is 290 g/mol. The molecule has 16 heavy (non-hydrogen) atoms. The van der Waals surface area contributed by atoms with E-state index >= 15 is 0 Å². The maximum absolute atomic E-state index is 5.42. The van der Waals surface area contributed by atoms with Crippen LogP contribution in [0.2, 0.25) is 0 Å². The summed E-state index contributed by atoms with van der Waals surface area (Å²) in [6, 6.07) is 0.159. The van der Waals surface area contributed by atoms with Gasteiger partial charge in [-0.15, -0.1) is 0 Å². The molecule has 1 aromatic heterocycles. The number of hydrogen-bond acceptors (Lipinski definition) is 3. The fourth-order valence-electron chi connectivity index (χ4n) is 1.69. The first-order chi connectivity index (χ1) is 7.61. The summed E-state index contributed by atoms with van der Waals surface area (Å²) in [6.45, 7) is 5.18. The van der Waals surface area contributed by atoms with Crippen LogP contribution in [0.15, 0.2) is 10.7 Å². The van der Waals surface area contributed by atoms with Crippen molar-refractivity contribution in [3.8, 4) is 0 Å². The normalized spacial score (nSPS) is 15.1. The van der Waals surface area contributed by atoms with Crippen molar-refractivity contribution in [2.24, 2.45) is 7.05 Å². The van der Waals surface area contributed by atoms with Crippen molar-refractivity contribution < 1.29 is 4.74 Å². The lowest BCUT2D eigenvalue weighted by molar-refractivity contribution is 0.0801. The Bertz CT molecular complexity index is 308. The molecule has 0 saturated carbocycles. The molecule has 0 amide bonds. The summed E-state index contributed by atoms with van der Waals surface area (Å²) < 4.78 is 8.32. The van der Waals surface area contributed by atoms with Crippen LogP contribution >= 0.6 is 15.9 Å². The van der Waals surface area contributed by atoms with Crippen molar-refractivity contribution in [3.05, 3.63) is 16.4 Å². The molecule has 4 nitrogen and oxygen atoms in total. The van der Waals surface area contributed by atoms with E-state index in [1.165, 1.54) is 0 Å². The van der Waals surface area contributed by atoms with Gasteiger partial charge in [0.05, 0.1) is 28.5 Å². The number of aromatic nitrogens is 2. The fourth-order valence-corrected chi connectivity index (χ4v) is 2.29. The highest BCUT2D eigenvalue weighted by molar-refractivity contribution is 9.10. The van der Waals surface area contributed by atoms with E-state index in [-0.39, 0.29) is 12.1 Å². The molecule has 2 unspecified atom stereocenters. The van der Waals surface area contributed by atoms with Gasteiger partial charge in [0.1, 0.15) is 0 Å². The Balaban J connectivity index is 2.91. The fraction of sp³-hybridized carbons (Fsp3) is 0.727. The molecule has 1 heterocycles. The van der Waals surface area contributed by atoms with E-state index in [4.69, 9.17) is 4.74 Å². The number of ether oxygens (including phenoxy) is 1. The Hall–Kier alpha value is -0.390. The lowest BCUT2D eigenvalue weighted by atomic mass is 10.1. The number of hydrogen-bond donors (Lipinski definition) is 1. The molecular weight excluding hydrogens is 270 g/mol. The van der Waals surface area contributed by atoms with Crippen molar-refractivity contribution in [3.63, 3.8) is 0 Å². The second kappa shape index (κ2) is 6.37. The lowest BCUT2D eigenvalue weighted by Crippen LogP contribution is -2.33. The zero-order chi connectivity index (χ0) is 12.1. The van der Waals surface area contributed by atoms with Gasteiger partial charge in [0.25, 0.3) is 0 Å². The van der Waals surface area contributed by atoms with Crippen molar-refractivity contribution in [1.29, 1.82) is 0 Å². The standard InChI is InChI=1S/C11H20BrN3O/c1-5-6-13-10(8(2)16-4)11-9(12)7-14-15(11)3/h7-8,10,13H,5-6H2,1-4H3. The zero-order valence-electron chi connectivity index (χ0n) is 10.3. The van der Waals surface area contributed by atoms with Gasteiger partial charge in [0.2, 0.25) is 0 Å². The van der Waals surface area contributed by atoms with Gasteiger partial charge in [-0.2, -0.15) is 5.10 Å². The molecule has 0 spiro atoms. The molecule has 1 rings (SSSR count). The smallest absolute Gasteiger partial charge is 0.0766 e. The predicted molar refractivity (Wildman–Crippen MR) is 68.4 cm³/mol. The Morgan fingerprint density at radius 1 is 1.62 bits per heavy atom. The van der Waals surface area contributed by atoms with Gasteiger partial charge in [-0.05, 0) is 35.8 Å². The van der Waals surface area contributed by atoms with Crippen LogP contribution in [0.4, 0.5) is 0 Å². The third kappa shape index (κ3) is 3.06. The molecular formula is C11H20BrN3O. The number of rotatable bonds is 6. The summed E-state index contributed by atoms with van der Waals surface area (Å²) in [5, 5.41) is 7.72. The lowest BCUT2D eigenvalue weighted by Gasteiger charge is -2.24. The summed E-state index contributed by atoms with van der Waals surface area (Å²) in [5.41, 5.74) is 1.13. The van der Waals surface area contributed by atoms with E-state index in [0.29, 0.717) is 0 Å². The number of aryl methyl sites for hydroxylation is 1. The van der Waals surface area contributed by atoms with Gasteiger partial charge in [-0.1, -0.05) is 6.92 Å². The van der Waals surface area contributed by atoms with Gasteiger partial charge in [-0.3, -0.25) is 4.68 Å². The van der Waals surface area contributed by atoms with E-state index in [0.717, 1.165) is 23.1 Å². The highest BCUT2D eigenvalue weighted by atomic mass is 79.9. The molecule has 5 heteroatoms. The van der Waals surface area contributed by atoms with Gasteiger partial charge >= 0.3 is 0 Å². The van der Waals surface area contributed by atoms with Crippen LogP contribution in [0.3, 0.4) is 0 Å². The van der Waals surface area contributed by atoms with Gasteiger partial charge < -0.3 is 10.1 Å². The number of nitrogens with zero attached hydrogens (tertiary/aromatic N) is 2. The minimum atomic E-state index is 0.109. The molecule has 92 valence electrons. The van der Waals surface area contributed by atoms with E-state index in [9.17, 15) is 0 Å². The molecule has 2 atom stereocenters. The Kier molecular flexibility index (Phi) is 5.44. The minimum absolute atomic E-state index is 0.109. The molecule has 0 aliphatic carbocycles. The van der Waals surface area contributed by atoms with Crippen LogP contribution in [0.25, 0.3) is 0 Å². The monoisotopic (exact) mass is 289 g/mol.